The third-order valence-corrected chi connectivity index (χ3v) is 4.49. The number of hydrogen-bond donors (Lipinski definition) is 1. The molecule has 0 spiro atoms. The van der Waals surface area contributed by atoms with Crippen LogP contribution in [-0.4, -0.2) is 40.0 Å². The number of amides is 1. The van der Waals surface area contributed by atoms with E-state index in [-0.39, 0.29) is 11.9 Å². The normalized spacial score (nSPS) is 15.3. The highest BCUT2D eigenvalue weighted by molar-refractivity contribution is 5.92. The summed E-state index contributed by atoms with van der Waals surface area (Å²) in [4.78, 5) is 27.7. The molecule has 126 valence electrons. The summed E-state index contributed by atoms with van der Waals surface area (Å²) < 4.78 is 0. The number of pyridine rings is 1. The lowest BCUT2D eigenvalue weighted by Crippen LogP contribution is -2.45. The third-order valence-electron chi connectivity index (χ3n) is 4.49. The number of carbonyl (C=O) groups is 1. The maximum atomic E-state index is 12.2. The van der Waals surface area contributed by atoms with Gasteiger partial charge in [-0.1, -0.05) is 18.2 Å². The summed E-state index contributed by atoms with van der Waals surface area (Å²) >= 11 is 0. The Bertz CT molecular complexity index is 875. The van der Waals surface area contributed by atoms with E-state index in [9.17, 15) is 4.79 Å². The van der Waals surface area contributed by atoms with Crippen molar-refractivity contribution in [3.63, 3.8) is 0 Å². The molecule has 0 bridgehead atoms. The number of fused-ring (bicyclic) bond motifs is 1. The number of nitrogens with zero attached hydrogens (tertiary/aromatic N) is 4. The monoisotopic (exact) mass is 333 g/mol. The average Bonchev–Trinajstić information content (AvgIpc) is 2.69. The summed E-state index contributed by atoms with van der Waals surface area (Å²) in [5.74, 6) is 0.790. The van der Waals surface area contributed by atoms with Gasteiger partial charge in [0, 0.05) is 25.3 Å². The van der Waals surface area contributed by atoms with E-state index in [2.05, 4.69) is 20.2 Å². The molecule has 4 rings (SSSR count). The minimum Gasteiger partial charge on any atom is -0.355 e. The fourth-order valence-corrected chi connectivity index (χ4v) is 3.11. The first-order valence-electron chi connectivity index (χ1n) is 8.48. The molecule has 1 N–H and O–H groups in total. The Morgan fingerprint density at radius 3 is 2.52 bits per heavy atom. The van der Waals surface area contributed by atoms with Crippen LogP contribution >= 0.6 is 0 Å². The Morgan fingerprint density at radius 1 is 1.00 bits per heavy atom. The zero-order valence-corrected chi connectivity index (χ0v) is 13.8. The molecule has 0 aliphatic carbocycles. The van der Waals surface area contributed by atoms with E-state index in [0.29, 0.717) is 5.69 Å². The molecule has 6 heteroatoms. The van der Waals surface area contributed by atoms with Crippen LogP contribution in [0.15, 0.2) is 54.9 Å². The number of carbonyl (C=O) groups excluding carboxylic acids is 1. The lowest BCUT2D eigenvalue weighted by molar-refractivity contribution is 0.0926. The first kappa shape index (κ1) is 15.5. The SMILES string of the molecule is O=C(NC1CCN(c2cnc3ccccc3n2)CC1)c1ccccn1. The maximum absolute atomic E-state index is 12.2. The molecule has 1 aliphatic rings. The van der Waals surface area contributed by atoms with Crippen molar-refractivity contribution >= 4 is 22.8 Å². The predicted octanol–water partition coefficient (Wildman–Crippen LogP) is 2.42. The van der Waals surface area contributed by atoms with Gasteiger partial charge in [0.25, 0.3) is 5.91 Å². The van der Waals surface area contributed by atoms with Crippen LogP contribution in [0.1, 0.15) is 23.3 Å². The van der Waals surface area contributed by atoms with Gasteiger partial charge in [0.05, 0.1) is 17.2 Å². The van der Waals surface area contributed by atoms with Crippen molar-refractivity contribution in [3.8, 4) is 0 Å². The van der Waals surface area contributed by atoms with Gasteiger partial charge < -0.3 is 10.2 Å². The number of anilines is 1. The van der Waals surface area contributed by atoms with Crippen LogP contribution in [0.2, 0.25) is 0 Å². The van der Waals surface area contributed by atoms with E-state index in [1.54, 1.807) is 18.3 Å². The van der Waals surface area contributed by atoms with E-state index in [0.717, 1.165) is 42.8 Å². The van der Waals surface area contributed by atoms with Gasteiger partial charge in [-0.05, 0) is 37.1 Å². The van der Waals surface area contributed by atoms with Crippen LogP contribution in [0.5, 0.6) is 0 Å². The Kier molecular flexibility index (Phi) is 4.24. The minimum absolute atomic E-state index is 0.107. The molecule has 3 heterocycles. The molecule has 2 aromatic heterocycles. The van der Waals surface area contributed by atoms with Crippen molar-refractivity contribution in [2.75, 3.05) is 18.0 Å². The zero-order chi connectivity index (χ0) is 17.1. The largest absolute Gasteiger partial charge is 0.355 e. The number of hydrogen-bond acceptors (Lipinski definition) is 5. The number of aromatic nitrogens is 3. The Balaban J connectivity index is 1.38. The molecule has 6 nitrogen and oxygen atoms in total. The van der Waals surface area contributed by atoms with Crippen molar-refractivity contribution in [1.29, 1.82) is 0 Å². The maximum Gasteiger partial charge on any atom is 0.270 e. The van der Waals surface area contributed by atoms with Gasteiger partial charge in [-0.15, -0.1) is 0 Å². The third kappa shape index (κ3) is 3.42. The Morgan fingerprint density at radius 2 is 1.76 bits per heavy atom. The van der Waals surface area contributed by atoms with Crippen LogP contribution in [0.4, 0.5) is 5.82 Å². The standard InChI is InChI=1S/C19H19N5O/c25-19(17-7-3-4-10-20-17)22-14-8-11-24(12-9-14)18-13-21-15-5-1-2-6-16(15)23-18/h1-7,10,13-14H,8-9,11-12H2,(H,22,25). The first-order chi connectivity index (χ1) is 12.3. The molecule has 0 saturated carbocycles. The van der Waals surface area contributed by atoms with Crippen LogP contribution in [0, 0.1) is 0 Å². The van der Waals surface area contributed by atoms with Crippen LogP contribution in [0.3, 0.4) is 0 Å². The zero-order valence-electron chi connectivity index (χ0n) is 13.8. The summed E-state index contributed by atoms with van der Waals surface area (Å²) in [6.07, 6.45) is 5.23. The van der Waals surface area contributed by atoms with Crippen LogP contribution < -0.4 is 10.2 Å². The van der Waals surface area contributed by atoms with Gasteiger partial charge in [-0.3, -0.25) is 14.8 Å². The van der Waals surface area contributed by atoms with Crippen molar-refractivity contribution in [1.82, 2.24) is 20.3 Å². The molecular weight excluding hydrogens is 314 g/mol. The Hall–Kier alpha value is -3.02. The second kappa shape index (κ2) is 6.84. The summed E-state index contributed by atoms with van der Waals surface area (Å²) in [6.45, 7) is 1.69. The van der Waals surface area contributed by atoms with Gasteiger partial charge >= 0.3 is 0 Å². The van der Waals surface area contributed by atoms with E-state index in [4.69, 9.17) is 4.98 Å². The molecule has 25 heavy (non-hydrogen) atoms. The van der Waals surface area contributed by atoms with Gasteiger partial charge in [-0.2, -0.15) is 0 Å². The van der Waals surface area contributed by atoms with Crippen molar-refractivity contribution in [2.24, 2.45) is 0 Å². The van der Waals surface area contributed by atoms with E-state index < -0.39 is 0 Å². The molecule has 0 atom stereocenters. The highest BCUT2D eigenvalue weighted by Gasteiger charge is 2.22. The van der Waals surface area contributed by atoms with E-state index >= 15 is 0 Å². The molecule has 1 amide bonds. The topological polar surface area (TPSA) is 71.0 Å². The summed E-state index contributed by atoms with van der Waals surface area (Å²) in [5, 5.41) is 3.07. The number of benzene rings is 1. The molecule has 1 fully saturated rings. The summed E-state index contributed by atoms with van der Waals surface area (Å²) in [6, 6.07) is 13.4. The minimum atomic E-state index is -0.107. The van der Waals surface area contributed by atoms with Crippen molar-refractivity contribution in [3.05, 3.63) is 60.6 Å². The number of nitrogens with one attached hydrogen (secondary N) is 1. The lowest BCUT2D eigenvalue weighted by atomic mass is 10.0. The summed E-state index contributed by atoms with van der Waals surface area (Å²) in [5.41, 5.74) is 2.28. The molecule has 1 aromatic carbocycles. The first-order valence-corrected chi connectivity index (χ1v) is 8.48. The Labute approximate surface area is 145 Å². The number of rotatable bonds is 3. The van der Waals surface area contributed by atoms with E-state index in [1.807, 2.05) is 36.5 Å². The molecule has 0 unspecified atom stereocenters. The second-order valence-electron chi connectivity index (χ2n) is 6.17. The lowest BCUT2D eigenvalue weighted by Gasteiger charge is -2.33. The smallest absolute Gasteiger partial charge is 0.270 e. The molecule has 1 saturated heterocycles. The molecule has 0 radical (unpaired) electrons. The predicted molar refractivity (Wildman–Crippen MR) is 96.5 cm³/mol. The van der Waals surface area contributed by atoms with Crippen molar-refractivity contribution in [2.45, 2.75) is 18.9 Å². The molecule has 3 aromatic rings. The summed E-state index contributed by atoms with van der Waals surface area (Å²) in [7, 11) is 0. The fourth-order valence-electron chi connectivity index (χ4n) is 3.11. The van der Waals surface area contributed by atoms with Gasteiger partial charge in [0.1, 0.15) is 11.5 Å². The van der Waals surface area contributed by atoms with Crippen LogP contribution in [0.25, 0.3) is 11.0 Å². The highest BCUT2D eigenvalue weighted by atomic mass is 16.1. The van der Waals surface area contributed by atoms with Crippen LogP contribution in [-0.2, 0) is 0 Å². The van der Waals surface area contributed by atoms with E-state index in [1.165, 1.54) is 0 Å². The van der Waals surface area contributed by atoms with Gasteiger partial charge in [0.2, 0.25) is 0 Å². The number of piperidine rings is 1. The fraction of sp³-hybridized carbons (Fsp3) is 0.263. The van der Waals surface area contributed by atoms with Gasteiger partial charge in [-0.25, -0.2) is 4.98 Å². The second-order valence-corrected chi connectivity index (χ2v) is 6.17. The quantitative estimate of drug-likeness (QED) is 0.797. The molecule has 1 aliphatic heterocycles. The average molecular weight is 333 g/mol. The number of para-hydroxylation sites is 2. The van der Waals surface area contributed by atoms with Gasteiger partial charge in [0.15, 0.2) is 0 Å². The van der Waals surface area contributed by atoms with Crippen molar-refractivity contribution < 1.29 is 4.79 Å². The molecular formula is C19H19N5O. The highest BCUT2D eigenvalue weighted by Crippen LogP contribution is 2.20.